The maximum atomic E-state index is 13.4. The van der Waals surface area contributed by atoms with Crippen LogP contribution in [0.4, 0.5) is 27.5 Å². The molecule has 2 heterocycles. The molecule has 5 rings (SSSR count). The summed E-state index contributed by atoms with van der Waals surface area (Å²) in [5.41, 5.74) is 7.32. The van der Waals surface area contributed by atoms with Gasteiger partial charge in [-0.3, -0.25) is 4.90 Å². The van der Waals surface area contributed by atoms with Gasteiger partial charge in [0.1, 0.15) is 6.17 Å². The molecule has 7 heteroatoms. The van der Waals surface area contributed by atoms with Crippen LogP contribution in [0.25, 0.3) is 0 Å². The quantitative estimate of drug-likeness (QED) is 0.332. The smallest absolute Gasteiger partial charge is 0.326 e. The van der Waals surface area contributed by atoms with Crippen LogP contribution >= 0.6 is 11.3 Å². The number of hydrogen-bond donors (Lipinski definition) is 3. The van der Waals surface area contributed by atoms with Gasteiger partial charge >= 0.3 is 6.03 Å². The lowest BCUT2D eigenvalue weighted by Crippen LogP contribution is -2.37. The van der Waals surface area contributed by atoms with Gasteiger partial charge in [0.05, 0.1) is 28.6 Å². The monoisotopic (exact) mass is 441 g/mol. The lowest BCUT2D eigenvalue weighted by atomic mass is 10.1. The Hall–Kier alpha value is -3.84. The summed E-state index contributed by atoms with van der Waals surface area (Å²) in [7, 11) is 0. The number of fused-ring (bicyclic) bond motifs is 1. The maximum absolute atomic E-state index is 13.4. The molecular weight excluding hydrogens is 418 g/mol. The standard InChI is InChI=1S/C25H23N5OS/c1-17(18-8-4-2-5-9-18)30(20-10-6-3-7-11-20)25(31)27-19-12-13-21-22(14-19)29-24(28-21)23-15-32-16-26-23/h2-17,24,28-29H,1H3,(H,27,31). The summed E-state index contributed by atoms with van der Waals surface area (Å²) in [6.07, 6.45) is -0.0684. The molecule has 0 fully saturated rings. The Morgan fingerprint density at radius 3 is 2.44 bits per heavy atom. The molecule has 6 nitrogen and oxygen atoms in total. The number of nitrogens with zero attached hydrogens (tertiary/aromatic N) is 2. The highest BCUT2D eigenvalue weighted by molar-refractivity contribution is 7.07. The van der Waals surface area contributed by atoms with Gasteiger partial charge in [0.15, 0.2) is 0 Å². The van der Waals surface area contributed by atoms with Gasteiger partial charge in [-0.2, -0.15) is 0 Å². The summed E-state index contributed by atoms with van der Waals surface area (Å²) < 4.78 is 0. The van der Waals surface area contributed by atoms with Crippen molar-refractivity contribution in [2.24, 2.45) is 0 Å². The summed E-state index contributed by atoms with van der Waals surface area (Å²) in [5, 5.41) is 11.9. The Kier molecular flexibility index (Phi) is 5.47. The summed E-state index contributed by atoms with van der Waals surface area (Å²) in [5.74, 6) is 0. The van der Waals surface area contributed by atoms with Crippen molar-refractivity contribution in [2.45, 2.75) is 19.1 Å². The fourth-order valence-electron chi connectivity index (χ4n) is 3.90. The SMILES string of the molecule is CC(c1ccccc1)N(C(=O)Nc1ccc2c(c1)NC(c1cscn1)N2)c1ccccc1. The second-order valence-electron chi connectivity index (χ2n) is 7.62. The molecule has 3 N–H and O–H groups in total. The Morgan fingerprint density at radius 2 is 1.72 bits per heavy atom. The van der Waals surface area contributed by atoms with Crippen molar-refractivity contribution in [2.75, 3.05) is 20.9 Å². The van der Waals surface area contributed by atoms with Gasteiger partial charge in [0.2, 0.25) is 0 Å². The molecule has 4 aromatic rings. The van der Waals surface area contributed by atoms with Gasteiger partial charge in [-0.1, -0.05) is 48.5 Å². The Balaban J connectivity index is 1.38. The number of anilines is 4. The van der Waals surface area contributed by atoms with E-state index in [1.807, 2.05) is 96.7 Å². The van der Waals surface area contributed by atoms with E-state index < -0.39 is 0 Å². The molecule has 0 aliphatic carbocycles. The number of hydrogen-bond acceptors (Lipinski definition) is 5. The van der Waals surface area contributed by atoms with Crippen LogP contribution < -0.4 is 20.9 Å². The third-order valence-corrected chi connectivity index (χ3v) is 6.14. The van der Waals surface area contributed by atoms with Crippen LogP contribution in [0.1, 0.15) is 30.4 Å². The number of amides is 2. The molecule has 160 valence electrons. The fourth-order valence-corrected chi connectivity index (χ4v) is 4.48. The molecule has 1 aliphatic heterocycles. The molecule has 2 unspecified atom stereocenters. The van der Waals surface area contributed by atoms with E-state index in [1.165, 1.54) is 0 Å². The van der Waals surface area contributed by atoms with Gasteiger partial charge in [0, 0.05) is 16.8 Å². The topological polar surface area (TPSA) is 69.3 Å². The summed E-state index contributed by atoms with van der Waals surface area (Å²) >= 11 is 1.57. The first kappa shape index (κ1) is 20.1. The van der Waals surface area contributed by atoms with Crippen LogP contribution in [0.2, 0.25) is 0 Å². The van der Waals surface area contributed by atoms with E-state index in [0.717, 1.165) is 34.0 Å². The molecule has 2 atom stereocenters. The van der Waals surface area contributed by atoms with Crippen LogP contribution in [-0.4, -0.2) is 11.0 Å². The predicted molar refractivity (Wildman–Crippen MR) is 131 cm³/mol. The second-order valence-corrected chi connectivity index (χ2v) is 8.34. The van der Waals surface area contributed by atoms with Crippen LogP contribution in [0, 0.1) is 0 Å². The van der Waals surface area contributed by atoms with Crippen LogP contribution in [0.5, 0.6) is 0 Å². The van der Waals surface area contributed by atoms with Gasteiger partial charge in [-0.05, 0) is 42.8 Å². The van der Waals surface area contributed by atoms with Gasteiger partial charge in [-0.25, -0.2) is 9.78 Å². The maximum Gasteiger partial charge on any atom is 0.326 e. The Bertz CT molecular complexity index is 1200. The first-order valence-corrected chi connectivity index (χ1v) is 11.4. The molecule has 3 aromatic carbocycles. The van der Waals surface area contributed by atoms with Crippen molar-refractivity contribution in [1.29, 1.82) is 0 Å². The number of carbonyl (C=O) groups excluding carboxylic acids is 1. The Labute approximate surface area is 190 Å². The highest BCUT2D eigenvalue weighted by Crippen LogP contribution is 2.37. The molecule has 0 radical (unpaired) electrons. The van der Waals surface area contributed by atoms with Gasteiger partial charge in [0.25, 0.3) is 0 Å². The van der Waals surface area contributed by atoms with Crippen molar-refractivity contribution in [3.63, 3.8) is 0 Å². The number of nitrogens with one attached hydrogen (secondary N) is 3. The predicted octanol–water partition coefficient (Wildman–Crippen LogP) is 6.48. The fraction of sp³-hybridized carbons (Fsp3) is 0.120. The number of thiazole rings is 1. The minimum absolute atomic E-state index is 0.0684. The number of benzene rings is 3. The van der Waals surface area contributed by atoms with E-state index in [9.17, 15) is 4.79 Å². The van der Waals surface area contributed by atoms with Crippen molar-refractivity contribution < 1.29 is 4.79 Å². The number of para-hydroxylation sites is 1. The molecule has 1 aliphatic rings. The molecular formula is C25H23N5OS. The van der Waals surface area contributed by atoms with Gasteiger partial charge in [-0.15, -0.1) is 11.3 Å². The minimum atomic E-state index is -0.186. The summed E-state index contributed by atoms with van der Waals surface area (Å²) in [4.78, 5) is 19.6. The first-order chi connectivity index (χ1) is 15.7. The third kappa shape index (κ3) is 4.02. The zero-order valence-corrected chi connectivity index (χ0v) is 18.3. The van der Waals surface area contributed by atoms with Crippen molar-refractivity contribution in [3.8, 4) is 0 Å². The van der Waals surface area contributed by atoms with Crippen LogP contribution in [0.15, 0.2) is 89.8 Å². The lowest BCUT2D eigenvalue weighted by molar-refractivity contribution is 0.255. The van der Waals surface area contributed by atoms with Crippen LogP contribution in [0.3, 0.4) is 0 Å². The molecule has 32 heavy (non-hydrogen) atoms. The van der Waals surface area contributed by atoms with E-state index in [0.29, 0.717) is 0 Å². The van der Waals surface area contributed by atoms with E-state index in [2.05, 4.69) is 20.9 Å². The molecule has 1 aromatic heterocycles. The van der Waals surface area contributed by atoms with E-state index in [-0.39, 0.29) is 18.2 Å². The zero-order chi connectivity index (χ0) is 21.9. The highest BCUT2D eigenvalue weighted by atomic mass is 32.1. The second kappa shape index (κ2) is 8.72. The Morgan fingerprint density at radius 1 is 1.00 bits per heavy atom. The first-order valence-electron chi connectivity index (χ1n) is 10.4. The number of aromatic nitrogens is 1. The molecule has 2 amide bonds. The average Bonchev–Trinajstić information content (AvgIpc) is 3.50. The number of carbonyl (C=O) groups is 1. The van der Waals surface area contributed by atoms with E-state index in [1.54, 1.807) is 16.2 Å². The van der Waals surface area contributed by atoms with Crippen molar-refractivity contribution >= 4 is 40.1 Å². The summed E-state index contributed by atoms with van der Waals surface area (Å²) in [6, 6.07) is 25.3. The van der Waals surface area contributed by atoms with Crippen molar-refractivity contribution in [1.82, 2.24) is 4.98 Å². The van der Waals surface area contributed by atoms with Gasteiger partial charge < -0.3 is 16.0 Å². The number of rotatable bonds is 5. The summed E-state index contributed by atoms with van der Waals surface area (Å²) in [6.45, 7) is 2.04. The molecule has 0 saturated carbocycles. The third-order valence-electron chi connectivity index (χ3n) is 5.54. The lowest BCUT2D eigenvalue weighted by Gasteiger charge is -2.30. The van der Waals surface area contributed by atoms with Crippen molar-refractivity contribution in [3.05, 3.63) is 101 Å². The molecule has 0 saturated heterocycles. The average molecular weight is 442 g/mol. The molecule has 0 spiro atoms. The van der Waals surface area contributed by atoms with E-state index >= 15 is 0 Å². The minimum Gasteiger partial charge on any atom is -0.359 e. The zero-order valence-electron chi connectivity index (χ0n) is 17.5. The van der Waals surface area contributed by atoms with E-state index in [4.69, 9.17) is 0 Å². The largest absolute Gasteiger partial charge is 0.359 e. The highest BCUT2D eigenvalue weighted by Gasteiger charge is 2.25. The normalized spacial score (nSPS) is 15.2. The number of urea groups is 1. The molecule has 0 bridgehead atoms. The van der Waals surface area contributed by atoms with Crippen LogP contribution in [-0.2, 0) is 0 Å².